The van der Waals surface area contributed by atoms with E-state index in [0.717, 1.165) is 24.9 Å². The van der Waals surface area contributed by atoms with E-state index in [4.69, 9.17) is 11.6 Å². The number of carbonyl (C=O) groups is 1. The molecule has 1 unspecified atom stereocenters. The summed E-state index contributed by atoms with van der Waals surface area (Å²) in [5.41, 5.74) is 0.564. The van der Waals surface area contributed by atoms with E-state index < -0.39 is 17.8 Å². The largest absolute Gasteiger partial charge is 0.480 e. The Bertz CT molecular complexity index is 519. The van der Waals surface area contributed by atoms with Crippen LogP contribution in [-0.2, 0) is 11.3 Å². The molecule has 0 amide bonds. The second-order valence-corrected chi connectivity index (χ2v) is 6.46. The van der Waals surface area contributed by atoms with Crippen LogP contribution >= 0.6 is 11.6 Å². The first-order chi connectivity index (χ1) is 9.31. The van der Waals surface area contributed by atoms with Crippen LogP contribution in [0.3, 0.4) is 0 Å². The first kappa shape index (κ1) is 15.3. The van der Waals surface area contributed by atoms with Gasteiger partial charge in [-0.25, -0.2) is 4.39 Å². The average Bonchev–Trinajstić information content (AvgIpc) is 2.32. The standard InChI is InChI=1S/C15H19ClFNO2/c1-15(2)6-3-7-18(13(15)14(19)20)9-10-4-5-12(17)11(16)8-10/h4-5,8,13H,3,6-7,9H2,1-2H3,(H,19,20). The maximum Gasteiger partial charge on any atom is 0.321 e. The Morgan fingerprint density at radius 2 is 2.25 bits per heavy atom. The van der Waals surface area contributed by atoms with Crippen molar-refractivity contribution in [2.24, 2.45) is 5.41 Å². The normalized spacial score (nSPS) is 22.7. The number of hydrogen-bond acceptors (Lipinski definition) is 2. The van der Waals surface area contributed by atoms with Gasteiger partial charge in [0.1, 0.15) is 11.9 Å². The molecule has 1 saturated heterocycles. The Balaban J connectivity index is 2.21. The summed E-state index contributed by atoms with van der Waals surface area (Å²) < 4.78 is 13.2. The van der Waals surface area contributed by atoms with E-state index in [1.165, 1.54) is 6.07 Å². The fraction of sp³-hybridized carbons (Fsp3) is 0.533. The molecule has 0 aromatic heterocycles. The second kappa shape index (κ2) is 5.70. The molecule has 20 heavy (non-hydrogen) atoms. The zero-order chi connectivity index (χ0) is 14.9. The molecule has 1 atom stereocenters. The molecular formula is C15H19ClFNO2. The molecule has 1 aliphatic rings. The molecule has 5 heteroatoms. The molecule has 3 nitrogen and oxygen atoms in total. The third-order valence-electron chi connectivity index (χ3n) is 3.98. The summed E-state index contributed by atoms with van der Waals surface area (Å²) in [4.78, 5) is 13.5. The van der Waals surface area contributed by atoms with Gasteiger partial charge in [0, 0.05) is 6.54 Å². The van der Waals surface area contributed by atoms with Gasteiger partial charge in [0.2, 0.25) is 0 Å². The lowest BCUT2D eigenvalue weighted by Crippen LogP contribution is -2.53. The molecule has 0 aliphatic carbocycles. The summed E-state index contributed by atoms with van der Waals surface area (Å²) in [6.45, 7) is 5.17. The second-order valence-electron chi connectivity index (χ2n) is 6.05. The molecule has 1 aliphatic heterocycles. The van der Waals surface area contributed by atoms with Gasteiger partial charge in [0.15, 0.2) is 0 Å². The molecule has 0 spiro atoms. The first-order valence-corrected chi connectivity index (χ1v) is 7.10. The number of hydrogen-bond donors (Lipinski definition) is 1. The summed E-state index contributed by atoms with van der Waals surface area (Å²) in [5, 5.41) is 9.57. The van der Waals surface area contributed by atoms with Gasteiger partial charge >= 0.3 is 5.97 Å². The zero-order valence-electron chi connectivity index (χ0n) is 11.7. The van der Waals surface area contributed by atoms with Crippen molar-refractivity contribution in [3.8, 4) is 0 Å². The van der Waals surface area contributed by atoms with Crippen molar-refractivity contribution in [1.29, 1.82) is 0 Å². The number of rotatable bonds is 3. The highest BCUT2D eigenvalue weighted by atomic mass is 35.5. The minimum Gasteiger partial charge on any atom is -0.480 e. The SMILES string of the molecule is CC1(C)CCCN(Cc2ccc(F)c(Cl)c2)C1C(=O)O. The van der Waals surface area contributed by atoms with Crippen molar-refractivity contribution in [2.75, 3.05) is 6.54 Å². The maximum absolute atomic E-state index is 13.2. The van der Waals surface area contributed by atoms with Crippen LogP contribution in [0, 0.1) is 11.2 Å². The van der Waals surface area contributed by atoms with E-state index in [2.05, 4.69) is 0 Å². The molecule has 1 aromatic carbocycles. The average molecular weight is 300 g/mol. The van der Waals surface area contributed by atoms with Gasteiger partial charge < -0.3 is 5.11 Å². The van der Waals surface area contributed by atoms with Crippen molar-refractivity contribution in [3.05, 3.63) is 34.6 Å². The highest BCUT2D eigenvalue weighted by molar-refractivity contribution is 6.30. The van der Waals surface area contributed by atoms with Crippen LogP contribution in [0.4, 0.5) is 4.39 Å². The summed E-state index contributed by atoms with van der Waals surface area (Å²) in [7, 11) is 0. The molecule has 1 heterocycles. The minimum atomic E-state index is -0.803. The number of carboxylic acids is 1. The van der Waals surface area contributed by atoms with Gasteiger partial charge in [-0.15, -0.1) is 0 Å². The molecule has 0 radical (unpaired) electrons. The summed E-state index contributed by atoms with van der Waals surface area (Å²) in [6, 6.07) is 4.02. The van der Waals surface area contributed by atoms with Gasteiger partial charge in [0.25, 0.3) is 0 Å². The fourth-order valence-corrected chi connectivity index (χ4v) is 3.23. The lowest BCUT2D eigenvalue weighted by atomic mass is 9.76. The summed E-state index contributed by atoms with van der Waals surface area (Å²) >= 11 is 5.78. The van der Waals surface area contributed by atoms with Crippen LogP contribution in [0.1, 0.15) is 32.3 Å². The van der Waals surface area contributed by atoms with Gasteiger partial charge in [-0.05, 0) is 42.5 Å². The van der Waals surface area contributed by atoms with Gasteiger partial charge in [-0.1, -0.05) is 31.5 Å². The Morgan fingerprint density at radius 1 is 1.55 bits per heavy atom. The number of nitrogens with zero attached hydrogens (tertiary/aromatic N) is 1. The number of carboxylic acid groups (broad SMARTS) is 1. The molecule has 1 fully saturated rings. The van der Waals surface area contributed by atoms with E-state index in [1.807, 2.05) is 18.7 Å². The minimum absolute atomic E-state index is 0.0747. The van der Waals surface area contributed by atoms with Crippen LogP contribution in [0.15, 0.2) is 18.2 Å². The zero-order valence-corrected chi connectivity index (χ0v) is 12.5. The van der Waals surface area contributed by atoms with E-state index in [9.17, 15) is 14.3 Å². The van der Waals surface area contributed by atoms with Crippen LogP contribution < -0.4 is 0 Å². The highest BCUT2D eigenvalue weighted by Gasteiger charge is 2.42. The topological polar surface area (TPSA) is 40.5 Å². The van der Waals surface area contributed by atoms with Crippen LogP contribution in [0.25, 0.3) is 0 Å². The molecule has 0 bridgehead atoms. The van der Waals surface area contributed by atoms with Crippen LogP contribution in [0.5, 0.6) is 0 Å². The van der Waals surface area contributed by atoms with E-state index in [-0.39, 0.29) is 10.4 Å². The summed E-state index contributed by atoms with van der Waals surface area (Å²) in [6.07, 6.45) is 1.86. The molecule has 1 N–H and O–H groups in total. The fourth-order valence-electron chi connectivity index (χ4n) is 3.03. The Kier molecular flexibility index (Phi) is 4.35. The van der Waals surface area contributed by atoms with E-state index in [0.29, 0.717) is 6.54 Å². The molecular weight excluding hydrogens is 281 g/mol. The van der Waals surface area contributed by atoms with Crippen LogP contribution in [-0.4, -0.2) is 28.6 Å². The van der Waals surface area contributed by atoms with Crippen molar-refractivity contribution < 1.29 is 14.3 Å². The number of aliphatic carboxylic acids is 1. The predicted octanol–water partition coefficient (Wildman–Crippen LogP) is 3.55. The highest BCUT2D eigenvalue weighted by Crippen LogP contribution is 2.36. The third-order valence-corrected chi connectivity index (χ3v) is 4.27. The van der Waals surface area contributed by atoms with E-state index >= 15 is 0 Å². The third kappa shape index (κ3) is 3.13. The van der Waals surface area contributed by atoms with Gasteiger partial charge in [-0.2, -0.15) is 0 Å². The predicted molar refractivity (Wildman–Crippen MR) is 76.3 cm³/mol. The monoisotopic (exact) mass is 299 g/mol. The number of likely N-dealkylation sites (tertiary alicyclic amines) is 1. The van der Waals surface area contributed by atoms with Crippen molar-refractivity contribution in [3.63, 3.8) is 0 Å². The van der Waals surface area contributed by atoms with E-state index in [1.54, 1.807) is 12.1 Å². The first-order valence-electron chi connectivity index (χ1n) is 6.72. The Labute approximate surface area is 123 Å². The smallest absolute Gasteiger partial charge is 0.321 e. The van der Waals surface area contributed by atoms with Crippen molar-refractivity contribution in [1.82, 2.24) is 4.90 Å². The Hall–Kier alpha value is -1.13. The quantitative estimate of drug-likeness (QED) is 0.928. The lowest BCUT2D eigenvalue weighted by Gasteiger charge is -2.44. The van der Waals surface area contributed by atoms with Crippen LogP contribution in [0.2, 0.25) is 5.02 Å². The lowest BCUT2D eigenvalue weighted by molar-refractivity contribution is -0.151. The molecule has 0 saturated carbocycles. The maximum atomic E-state index is 13.2. The number of piperidine rings is 1. The summed E-state index contributed by atoms with van der Waals surface area (Å²) in [5.74, 6) is -1.26. The number of benzene rings is 1. The molecule has 1 aromatic rings. The molecule has 110 valence electrons. The Morgan fingerprint density at radius 3 is 2.85 bits per heavy atom. The molecule has 2 rings (SSSR count). The number of halogens is 2. The van der Waals surface area contributed by atoms with Crippen molar-refractivity contribution in [2.45, 2.75) is 39.3 Å². The van der Waals surface area contributed by atoms with Crippen molar-refractivity contribution >= 4 is 17.6 Å². The van der Waals surface area contributed by atoms with Gasteiger partial charge in [-0.3, -0.25) is 9.69 Å². The van der Waals surface area contributed by atoms with Gasteiger partial charge in [0.05, 0.1) is 5.02 Å².